The normalized spacial score (nSPS) is 11.0. The Kier molecular flexibility index (Phi) is 3.84. The third kappa shape index (κ3) is 3.41. The predicted octanol–water partition coefficient (Wildman–Crippen LogP) is 3.12. The van der Waals surface area contributed by atoms with Crippen LogP contribution in [0.15, 0.2) is 54.6 Å². The summed E-state index contributed by atoms with van der Waals surface area (Å²) in [7, 11) is 0. The Morgan fingerprint density at radius 3 is 2.61 bits per heavy atom. The van der Waals surface area contributed by atoms with Gasteiger partial charge in [0, 0.05) is 18.2 Å². The van der Waals surface area contributed by atoms with Gasteiger partial charge in [0.1, 0.15) is 0 Å². The fourth-order valence-electron chi connectivity index (χ4n) is 2.05. The first kappa shape index (κ1) is 14.5. The molecular formula is C16H12N4O3. The SMILES string of the molecule is O=C(C=Cc1ccc([N+](=O)[O-])cc1)Nc1nc2ccccc2[nH]1. The topological polar surface area (TPSA) is 101 Å². The van der Waals surface area contributed by atoms with Crippen LogP contribution in [0.2, 0.25) is 0 Å². The molecule has 0 saturated heterocycles. The van der Waals surface area contributed by atoms with Gasteiger partial charge >= 0.3 is 0 Å². The number of nitro groups is 1. The molecule has 0 saturated carbocycles. The van der Waals surface area contributed by atoms with Crippen LogP contribution in [0.5, 0.6) is 0 Å². The van der Waals surface area contributed by atoms with Gasteiger partial charge in [0.05, 0.1) is 16.0 Å². The molecule has 0 aliphatic rings. The largest absolute Gasteiger partial charge is 0.324 e. The lowest BCUT2D eigenvalue weighted by atomic mass is 10.2. The zero-order valence-electron chi connectivity index (χ0n) is 11.9. The van der Waals surface area contributed by atoms with Crippen LogP contribution in [0.3, 0.4) is 0 Å². The molecule has 0 aliphatic carbocycles. The van der Waals surface area contributed by atoms with E-state index in [2.05, 4.69) is 15.3 Å². The molecule has 2 aromatic carbocycles. The minimum atomic E-state index is -0.470. The number of imidazole rings is 1. The van der Waals surface area contributed by atoms with Gasteiger partial charge in [-0.2, -0.15) is 0 Å². The molecule has 7 nitrogen and oxygen atoms in total. The number of fused-ring (bicyclic) bond motifs is 1. The fourth-order valence-corrected chi connectivity index (χ4v) is 2.05. The van der Waals surface area contributed by atoms with Crippen LogP contribution in [-0.2, 0) is 4.79 Å². The maximum absolute atomic E-state index is 11.9. The highest BCUT2D eigenvalue weighted by Gasteiger charge is 2.05. The minimum absolute atomic E-state index is 0.00822. The number of anilines is 1. The third-order valence-electron chi connectivity index (χ3n) is 3.16. The number of carbonyl (C=O) groups is 1. The number of carbonyl (C=O) groups excluding carboxylic acids is 1. The number of rotatable bonds is 4. The summed E-state index contributed by atoms with van der Waals surface area (Å²) in [6.45, 7) is 0. The maximum atomic E-state index is 11.9. The van der Waals surface area contributed by atoms with Crippen molar-refractivity contribution in [3.63, 3.8) is 0 Å². The smallest absolute Gasteiger partial charge is 0.269 e. The lowest BCUT2D eigenvalue weighted by Crippen LogP contribution is -2.08. The van der Waals surface area contributed by atoms with Crippen molar-refractivity contribution in [2.75, 3.05) is 5.32 Å². The molecule has 0 atom stereocenters. The number of aromatic amines is 1. The average molecular weight is 308 g/mol. The molecule has 7 heteroatoms. The summed E-state index contributed by atoms with van der Waals surface area (Å²) in [4.78, 5) is 29.2. The Morgan fingerprint density at radius 1 is 1.17 bits per heavy atom. The second-order valence-corrected chi connectivity index (χ2v) is 4.77. The lowest BCUT2D eigenvalue weighted by Gasteiger charge is -1.96. The van der Waals surface area contributed by atoms with Gasteiger partial charge in [-0.1, -0.05) is 12.1 Å². The van der Waals surface area contributed by atoms with Gasteiger partial charge < -0.3 is 4.98 Å². The van der Waals surface area contributed by atoms with Gasteiger partial charge in [0.2, 0.25) is 5.95 Å². The first-order valence-corrected chi connectivity index (χ1v) is 6.80. The first-order chi connectivity index (χ1) is 11.1. The Hall–Kier alpha value is -3.48. The molecule has 1 amide bonds. The number of amides is 1. The highest BCUT2D eigenvalue weighted by molar-refractivity contribution is 6.01. The number of aromatic nitrogens is 2. The number of nitrogens with zero attached hydrogens (tertiary/aromatic N) is 2. The number of para-hydroxylation sites is 2. The molecule has 0 radical (unpaired) electrons. The molecule has 114 valence electrons. The number of hydrogen-bond donors (Lipinski definition) is 2. The van der Waals surface area contributed by atoms with E-state index in [0.717, 1.165) is 11.0 Å². The third-order valence-corrected chi connectivity index (χ3v) is 3.16. The van der Waals surface area contributed by atoms with E-state index >= 15 is 0 Å². The van der Waals surface area contributed by atoms with E-state index in [1.54, 1.807) is 18.2 Å². The van der Waals surface area contributed by atoms with Crippen molar-refractivity contribution < 1.29 is 9.72 Å². The summed E-state index contributed by atoms with van der Waals surface area (Å²) in [6.07, 6.45) is 2.91. The Bertz CT molecular complexity index is 864. The number of hydrogen-bond acceptors (Lipinski definition) is 4. The first-order valence-electron chi connectivity index (χ1n) is 6.80. The standard InChI is InChI=1S/C16H12N4O3/c21-15(10-7-11-5-8-12(9-6-11)20(22)23)19-16-17-13-3-1-2-4-14(13)18-16/h1-10H,(H2,17,18,19,21). The minimum Gasteiger partial charge on any atom is -0.324 e. The van der Waals surface area contributed by atoms with E-state index in [1.165, 1.54) is 18.2 Å². The van der Waals surface area contributed by atoms with E-state index in [4.69, 9.17) is 0 Å². The second kappa shape index (κ2) is 6.10. The van der Waals surface area contributed by atoms with Crippen LogP contribution in [-0.4, -0.2) is 20.8 Å². The van der Waals surface area contributed by atoms with E-state index in [0.29, 0.717) is 11.5 Å². The van der Waals surface area contributed by atoms with Crippen LogP contribution in [0.4, 0.5) is 11.6 Å². The average Bonchev–Trinajstić information content (AvgIpc) is 2.95. The Balaban J connectivity index is 1.67. The highest BCUT2D eigenvalue weighted by Crippen LogP contribution is 2.14. The van der Waals surface area contributed by atoms with Crippen molar-refractivity contribution in [2.24, 2.45) is 0 Å². The number of H-pyrrole nitrogens is 1. The maximum Gasteiger partial charge on any atom is 0.269 e. The monoisotopic (exact) mass is 308 g/mol. The molecule has 2 N–H and O–H groups in total. The zero-order valence-corrected chi connectivity index (χ0v) is 11.9. The Morgan fingerprint density at radius 2 is 1.91 bits per heavy atom. The van der Waals surface area contributed by atoms with Gasteiger partial charge in [0.25, 0.3) is 11.6 Å². The highest BCUT2D eigenvalue weighted by atomic mass is 16.6. The summed E-state index contributed by atoms with van der Waals surface area (Å²) in [5, 5.41) is 13.2. The molecule has 1 heterocycles. The molecule has 1 aromatic heterocycles. The molecule has 3 rings (SSSR count). The number of nitrogens with one attached hydrogen (secondary N) is 2. The van der Waals surface area contributed by atoms with Crippen molar-refractivity contribution >= 4 is 34.7 Å². The summed E-state index contributed by atoms with van der Waals surface area (Å²) < 4.78 is 0. The predicted molar refractivity (Wildman–Crippen MR) is 86.9 cm³/mol. The van der Waals surface area contributed by atoms with Gasteiger partial charge in [0.15, 0.2) is 0 Å². The lowest BCUT2D eigenvalue weighted by molar-refractivity contribution is -0.384. The molecule has 0 spiro atoms. The summed E-state index contributed by atoms with van der Waals surface area (Å²) in [5.41, 5.74) is 2.30. The van der Waals surface area contributed by atoms with Gasteiger partial charge in [-0.3, -0.25) is 20.2 Å². The van der Waals surface area contributed by atoms with Crippen molar-refractivity contribution in [1.29, 1.82) is 0 Å². The molecule has 0 aliphatic heterocycles. The van der Waals surface area contributed by atoms with Crippen LogP contribution in [0, 0.1) is 10.1 Å². The molecule has 3 aromatic rings. The van der Waals surface area contributed by atoms with E-state index in [1.807, 2.05) is 24.3 Å². The number of benzene rings is 2. The second-order valence-electron chi connectivity index (χ2n) is 4.77. The van der Waals surface area contributed by atoms with Crippen molar-refractivity contribution in [1.82, 2.24) is 9.97 Å². The molecular weight excluding hydrogens is 296 g/mol. The van der Waals surface area contributed by atoms with E-state index in [9.17, 15) is 14.9 Å². The van der Waals surface area contributed by atoms with Gasteiger partial charge in [-0.15, -0.1) is 0 Å². The van der Waals surface area contributed by atoms with Crippen molar-refractivity contribution in [3.8, 4) is 0 Å². The van der Waals surface area contributed by atoms with Crippen LogP contribution in [0.1, 0.15) is 5.56 Å². The quantitative estimate of drug-likeness (QED) is 0.439. The summed E-state index contributed by atoms with van der Waals surface area (Å²) in [5.74, 6) is 0.0203. The van der Waals surface area contributed by atoms with Crippen LogP contribution >= 0.6 is 0 Å². The fraction of sp³-hybridized carbons (Fsp3) is 0. The summed E-state index contributed by atoms with van der Waals surface area (Å²) >= 11 is 0. The molecule has 0 bridgehead atoms. The number of nitro benzene ring substituents is 1. The van der Waals surface area contributed by atoms with Gasteiger partial charge in [-0.05, 0) is 35.9 Å². The van der Waals surface area contributed by atoms with Gasteiger partial charge in [-0.25, -0.2) is 4.98 Å². The molecule has 0 fully saturated rings. The Labute approximate surface area is 130 Å². The molecule has 23 heavy (non-hydrogen) atoms. The van der Waals surface area contributed by atoms with E-state index < -0.39 is 4.92 Å². The van der Waals surface area contributed by atoms with Crippen LogP contribution in [0.25, 0.3) is 17.1 Å². The molecule has 0 unspecified atom stereocenters. The summed E-state index contributed by atoms with van der Waals surface area (Å²) in [6, 6.07) is 13.4. The number of non-ortho nitro benzene ring substituents is 1. The van der Waals surface area contributed by atoms with Crippen LogP contribution < -0.4 is 5.32 Å². The van der Waals surface area contributed by atoms with E-state index in [-0.39, 0.29) is 11.6 Å². The van der Waals surface area contributed by atoms with Crippen molar-refractivity contribution in [2.45, 2.75) is 0 Å². The zero-order chi connectivity index (χ0) is 16.2. The van der Waals surface area contributed by atoms with Crippen molar-refractivity contribution in [3.05, 3.63) is 70.3 Å².